The van der Waals surface area contributed by atoms with Gasteiger partial charge >= 0.3 is 0 Å². The van der Waals surface area contributed by atoms with E-state index in [4.69, 9.17) is 8.85 Å². The van der Waals surface area contributed by atoms with E-state index in [2.05, 4.69) is 99.1 Å². The maximum absolute atomic E-state index is 15.5. The van der Waals surface area contributed by atoms with E-state index in [0.29, 0.717) is 16.2 Å². The summed E-state index contributed by atoms with van der Waals surface area (Å²) in [5, 5.41) is -0.208. The van der Waals surface area contributed by atoms with Gasteiger partial charge in [0.05, 0.1) is 33.3 Å². The molecule has 1 aromatic carbocycles. The molecule has 0 saturated heterocycles. The molecule has 0 radical (unpaired) electrons. The van der Waals surface area contributed by atoms with Gasteiger partial charge in [-0.25, -0.2) is 17.0 Å². The first-order valence-corrected chi connectivity index (χ1v) is 26.3. The van der Waals surface area contributed by atoms with Gasteiger partial charge in [-0.3, -0.25) is 0 Å². The summed E-state index contributed by atoms with van der Waals surface area (Å²) in [7, 11) is -10.2. The van der Waals surface area contributed by atoms with Crippen LogP contribution < -0.4 is 0 Å². The van der Waals surface area contributed by atoms with Crippen molar-refractivity contribution in [2.24, 2.45) is 16.2 Å². The van der Waals surface area contributed by atoms with Crippen molar-refractivity contribution in [1.29, 1.82) is 0 Å². The fraction of sp³-hybridized carbons (Fsp3) is 0.684. The molecule has 49 heavy (non-hydrogen) atoms. The molecular formula is C38H70N2O5S2Si2. The van der Waals surface area contributed by atoms with Crippen molar-refractivity contribution in [2.45, 2.75) is 141 Å². The van der Waals surface area contributed by atoms with Crippen molar-refractivity contribution in [3.8, 4) is 0 Å². The van der Waals surface area contributed by atoms with Crippen molar-refractivity contribution in [1.82, 2.24) is 4.31 Å². The zero-order valence-electron chi connectivity index (χ0n) is 33.7. The molecule has 0 amide bonds. The molecule has 0 aliphatic carbocycles. The number of hydrogen-bond donors (Lipinski definition) is 0. The van der Waals surface area contributed by atoms with Crippen LogP contribution in [0.2, 0.25) is 36.3 Å². The van der Waals surface area contributed by atoms with E-state index in [0.717, 1.165) is 0 Å². The third kappa shape index (κ3) is 11.1. The summed E-state index contributed by atoms with van der Waals surface area (Å²) in [5.41, 5.74) is 0. The summed E-state index contributed by atoms with van der Waals surface area (Å²) in [6.45, 7) is 39.5. The molecule has 0 fully saturated rings. The van der Waals surface area contributed by atoms with Crippen LogP contribution in [0.1, 0.15) is 82.6 Å². The van der Waals surface area contributed by atoms with Crippen molar-refractivity contribution < 1.29 is 21.5 Å². The van der Waals surface area contributed by atoms with Crippen LogP contribution in [0, 0.1) is 11.8 Å². The van der Waals surface area contributed by atoms with Gasteiger partial charge in [-0.05, 0) is 87.4 Å². The van der Waals surface area contributed by atoms with Crippen LogP contribution in [0.15, 0.2) is 75.9 Å². The molecule has 282 valence electrons. The second-order valence-electron chi connectivity index (χ2n) is 17.4. The fourth-order valence-electron chi connectivity index (χ4n) is 4.96. The summed E-state index contributed by atoms with van der Waals surface area (Å²) in [4.78, 5) is 1.13. The van der Waals surface area contributed by atoms with E-state index in [1.807, 2.05) is 42.5 Å². The van der Waals surface area contributed by atoms with Gasteiger partial charge in [0.15, 0.2) is 16.6 Å². The topological polar surface area (TPSA) is 85.3 Å². The van der Waals surface area contributed by atoms with Crippen molar-refractivity contribution in [2.75, 3.05) is 20.2 Å². The molecule has 0 heterocycles. The maximum atomic E-state index is 15.5. The molecule has 0 aliphatic heterocycles. The van der Waals surface area contributed by atoms with Gasteiger partial charge < -0.3 is 8.85 Å². The Morgan fingerprint density at radius 3 is 1.78 bits per heavy atom. The first-order valence-electron chi connectivity index (χ1n) is 17.5. The second-order valence-corrected chi connectivity index (χ2v) is 32.0. The van der Waals surface area contributed by atoms with Gasteiger partial charge in [-0.2, -0.15) is 4.31 Å². The van der Waals surface area contributed by atoms with Gasteiger partial charge in [0.2, 0.25) is 10.0 Å². The first-order chi connectivity index (χ1) is 22.1. The Balaban J connectivity index is 4.42. The Morgan fingerprint density at radius 2 is 1.39 bits per heavy atom. The lowest BCUT2D eigenvalue weighted by molar-refractivity contribution is 0.144. The minimum atomic E-state index is -3.86. The van der Waals surface area contributed by atoms with Crippen LogP contribution in [-0.2, 0) is 28.6 Å². The molecule has 4 atom stereocenters. The zero-order valence-corrected chi connectivity index (χ0v) is 37.3. The quantitative estimate of drug-likeness (QED) is 0.117. The van der Waals surface area contributed by atoms with E-state index in [-0.39, 0.29) is 29.1 Å². The van der Waals surface area contributed by atoms with E-state index >= 15 is 4.21 Å². The number of rotatable bonds is 17. The predicted octanol–water partition coefficient (Wildman–Crippen LogP) is 10.3. The number of nitrogens with zero attached hydrogens (tertiary/aromatic N) is 2. The molecular weight excluding hydrogens is 685 g/mol. The van der Waals surface area contributed by atoms with Crippen LogP contribution in [0.4, 0.5) is 0 Å². The van der Waals surface area contributed by atoms with Gasteiger partial charge in [0.1, 0.15) is 9.73 Å². The molecule has 0 bridgehead atoms. The summed E-state index contributed by atoms with van der Waals surface area (Å²) >= 11 is 0. The number of benzene rings is 1. The lowest BCUT2D eigenvalue weighted by Crippen LogP contribution is -2.55. The largest absolute Gasteiger partial charge is 0.415 e. The minimum Gasteiger partial charge on any atom is -0.415 e. The van der Waals surface area contributed by atoms with Crippen molar-refractivity contribution in [3.63, 3.8) is 0 Å². The highest BCUT2D eigenvalue weighted by Gasteiger charge is 2.46. The van der Waals surface area contributed by atoms with Crippen LogP contribution in [-0.4, -0.2) is 70.7 Å². The Bertz CT molecular complexity index is 1510. The Morgan fingerprint density at radius 1 is 0.878 bits per heavy atom. The minimum absolute atomic E-state index is 0.0703. The molecule has 1 aromatic rings. The molecule has 0 N–H and O–H groups in total. The SMILES string of the molecule is C=CC[C@@H](O[Si](C)(C)C(C)(C)C)/C(=C\[C@@H](C(C)C)[C@@H](CO[Si](C)(C)C(C)(C)C)N(CC=C)S(=O)(=O)C(C)(C)C)S(=O)(=NC)c1ccccc1. The van der Waals surface area contributed by atoms with E-state index in [1.165, 1.54) is 0 Å². The monoisotopic (exact) mass is 754 g/mol. The highest BCUT2D eigenvalue weighted by molar-refractivity contribution is 7.97. The standard InChI is InChI=1S/C38H70N2O5S2Si2/c1-19-24-34(45-49(17,18)38(11,12)13)35(46(41,39-14)31-25-22-21-23-26-31)28-32(30(3)4)33(29-44-48(15,16)37(8,9)10)40(27-20-2)47(42,43)36(5,6)7/h19-23,25-26,28,30,32-34H,1-2,24,27,29H2,3-18H3/b35-28+/t32-,33+,34+,46?/m0/s1. The van der Waals surface area contributed by atoms with Crippen LogP contribution >= 0.6 is 0 Å². The van der Waals surface area contributed by atoms with Crippen LogP contribution in [0.5, 0.6) is 0 Å². The Hall–Kier alpha value is -1.35. The van der Waals surface area contributed by atoms with Gasteiger partial charge in [-0.15, -0.1) is 13.2 Å². The summed E-state index contributed by atoms with van der Waals surface area (Å²) < 4.78 is 63.4. The average molecular weight is 755 g/mol. The van der Waals surface area contributed by atoms with Crippen molar-refractivity contribution in [3.05, 3.63) is 66.6 Å². The highest BCUT2D eigenvalue weighted by Crippen LogP contribution is 2.42. The molecule has 0 saturated carbocycles. The average Bonchev–Trinajstić information content (AvgIpc) is 2.95. The molecule has 1 unspecified atom stereocenters. The third-order valence-electron chi connectivity index (χ3n) is 10.3. The number of sulfonamides is 1. The van der Waals surface area contributed by atoms with Gasteiger partial charge in [0, 0.05) is 13.6 Å². The highest BCUT2D eigenvalue weighted by atomic mass is 32.2. The molecule has 1 rings (SSSR count). The Labute approximate surface area is 304 Å². The molecule has 0 spiro atoms. The van der Waals surface area contributed by atoms with Gasteiger partial charge in [-0.1, -0.05) is 91.8 Å². The maximum Gasteiger partial charge on any atom is 0.219 e. The fourth-order valence-corrected chi connectivity index (χ4v) is 11.0. The van der Waals surface area contributed by atoms with Crippen molar-refractivity contribution >= 4 is 36.4 Å². The molecule has 0 aromatic heterocycles. The molecule has 11 heteroatoms. The van der Waals surface area contributed by atoms with E-state index in [1.54, 1.807) is 38.2 Å². The van der Waals surface area contributed by atoms with Crippen LogP contribution in [0.25, 0.3) is 0 Å². The summed E-state index contributed by atoms with van der Waals surface area (Å²) in [6.07, 6.45) is 5.31. The molecule has 0 aliphatic rings. The number of hydrogen-bond acceptors (Lipinski definition) is 6. The van der Waals surface area contributed by atoms with E-state index in [9.17, 15) is 8.42 Å². The smallest absolute Gasteiger partial charge is 0.219 e. The Kier molecular flexibility index (Phi) is 15.8. The zero-order chi connectivity index (χ0) is 38.4. The summed E-state index contributed by atoms with van der Waals surface area (Å²) in [5.74, 6) is -0.488. The summed E-state index contributed by atoms with van der Waals surface area (Å²) in [6, 6.07) is 8.69. The normalized spacial score (nSPS) is 17.4. The third-order valence-corrected chi connectivity index (χ3v) is 24.4. The first kappa shape index (κ1) is 45.7. The van der Waals surface area contributed by atoms with Crippen LogP contribution in [0.3, 0.4) is 0 Å². The predicted molar refractivity (Wildman–Crippen MR) is 217 cm³/mol. The molecule has 7 nitrogen and oxygen atoms in total. The van der Waals surface area contributed by atoms with Gasteiger partial charge in [0.25, 0.3) is 0 Å². The lowest BCUT2D eigenvalue weighted by atomic mass is 9.87. The van der Waals surface area contributed by atoms with E-state index < -0.39 is 59.2 Å². The second kappa shape index (κ2) is 17.0. The lowest BCUT2D eigenvalue weighted by Gasteiger charge is -2.44.